The summed E-state index contributed by atoms with van der Waals surface area (Å²) in [6.07, 6.45) is 6.32. The van der Waals surface area contributed by atoms with Gasteiger partial charge >= 0.3 is 5.97 Å². The Labute approximate surface area is 272 Å². The summed E-state index contributed by atoms with van der Waals surface area (Å²) >= 11 is 16.4. The Hall–Kier alpha value is -3.79. The summed E-state index contributed by atoms with van der Waals surface area (Å²) in [6, 6.07) is 14.6. The van der Waals surface area contributed by atoms with E-state index in [9.17, 15) is 14.4 Å². The van der Waals surface area contributed by atoms with Gasteiger partial charge in [-0.25, -0.2) is 4.79 Å². The first kappa shape index (κ1) is 30.2. The molecule has 1 spiro atoms. The van der Waals surface area contributed by atoms with Gasteiger partial charge in [0.25, 0.3) is 0 Å². The summed E-state index contributed by atoms with van der Waals surface area (Å²) in [7, 11) is 2.77. The van der Waals surface area contributed by atoms with Gasteiger partial charge in [0.15, 0.2) is 11.5 Å². The molecule has 2 heterocycles. The number of carbonyl (C=O) groups is 3. The number of carbonyl (C=O) groups excluding carboxylic acids is 3. The average Bonchev–Trinajstić information content (AvgIpc) is 3.29. The Bertz CT molecular complexity index is 1760. The van der Waals surface area contributed by atoms with Gasteiger partial charge < -0.3 is 24.8 Å². The second-order valence-electron chi connectivity index (χ2n) is 10.8. The van der Waals surface area contributed by atoms with Crippen LogP contribution in [0.2, 0.25) is 5.02 Å². The van der Waals surface area contributed by atoms with Crippen LogP contribution in [0.1, 0.15) is 40.4 Å². The number of hydrogen-bond acceptors (Lipinski definition) is 6. The molecule has 44 heavy (non-hydrogen) atoms. The molecule has 0 aromatic heterocycles. The van der Waals surface area contributed by atoms with Crippen LogP contribution >= 0.6 is 39.1 Å². The van der Waals surface area contributed by atoms with Crippen molar-refractivity contribution in [1.29, 1.82) is 0 Å². The van der Waals surface area contributed by atoms with Crippen molar-refractivity contribution in [1.82, 2.24) is 5.32 Å². The zero-order chi connectivity index (χ0) is 31.2. The van der Waals surface area contributed by atoms with Crippen molar-refractivity contribution in [3.63, 3.8) is 0 Å². The number of rotatable bonds is 6. The van der Waals surface area contributed by atoms with Crippen LogP contribution in [-0.4, -0.2) is 32.0 Å². The Morgan fingerprint density at radius 3 is 2.52 bits per heavy atom. The Kier molecular flexibility index (Phi) is 8.22. The molecule has 2 aliphatic heterocycles. The van der Waals surface area contributed by atoms with Crippen molar-refractivity contribution in [2.45, 2.75) is 24.3 Å². The molecule has 0 radical (unpaired) electrons. The molecule has 0 bridgehead atoms. The average molecular weight is 698 g/mol. The quantitative estimate of drug-likeness (QED) is 0.260. The van der Waals surface area contributed by atoms with Crippen molar-refractivity contribution >= 4 is 62.6 Å². The highest BCUT2D eigenvalue weighted by molar-refractivity contribution is 9.10. The van der Waals surface area contributed by atoms with E-state index in [1.54, 1.807) is 36.4 Å². The van der Waals surface area contributed by atoms with Crippen LogP contribution in [0.15, 0.2) is 82.3 Å². The third-order valence-electron chi connectivity index (χ3n) is 8.47. The number of benzene rings is 3. The summed E-state index contributed by atoms with van der Waals surface area (Å²) in [5.74, 6) is -0.620. The number of methoxy groups -OCH3 is 2. The number of esters is 1. The third-order valence-corrected chi connectivity index (χ3v) is 9.48. The Morgan fingerprint density at radius 2 is 1.77 bits per heavy atom. The van der Waals surface area contributed by atoms with Gasteiger partial charge in [0, 0.05) is 32.2 Å². The van der Waals surface area contributed by atoms with Gasteiger partial charge in [0.2, 0.25) is 11.8 Å². The fourth-order valence-electron chi connectivity index (χ4n) is 6.60. The minimum atomic E-state index is -1.24. The lowest BCUT2D eigenvalue weighted by molar-refractivity contribution is -0.135. The molecule has 3 aromatic carbocycles. The molecule has 8 nitrogen and oxygen atoms in total. The van der Waals surface area contributed by atoms with Crippen LogP contribution in [0.3, 0.4) is 0 Å². The molecule has 11 heteroatoms. The maximum Gasteiger partial charge on any atom is 0.337 e. The molecule has 1 saturated heterocycles. The molecule has 0 saturated carbocycles. The molecule has 1 unspecified atom stereocenters. The second-order valence-corrected chi connectivity index (χ2v) is 12.7. The van der Waals surface area contributed by atoms with Crippen molar-refractivity contribution in [3.8, 4) is 17.2 Å². The van der Waals surface area contributed by atoms with Gasteiger partial charge in [0.1, 0.15) is 11.2 Å². The molecule has 2 amide bonds. The van der Waals surface area contributed by atoms with Crippen LogP contribution in [0, 0.1) is 11.8 Å². The summed E-state index contributed by atoms with van der Waals surface area (Å²) < 4.78 is 17.5. The van der Waals surface area contributed by atoms with Crippen LogP contribution in [0.5, 0.6) is 17.2 Å². The van der Waals surface area contributed by atoms with E-state index in [-0.39, 0.29) is 24.2 Å². The normalized spacial score (nSPS) is 23.8. The first-order valence-corrected chi connectivity index (χ1v) is 15.4. The summed E-state index contributed by atoms with van der Waals surface area (Å²) in [4.78, 5) is 40.1. The van der Waals surface area contributed by atoms with Crippen molar-refractivity contribution in [3.05, 3.63) is 104 Å². The van der Waals surface area contributed by atoms with E-state index >= 15 is 0 Å². The maximum absolute atomic E-state index is 14.4. The molecule has 1 fully saturated rings. The van der Waals surface area contributed by atoms with Gasteiger partial charge in [-0.15, -0.1) is 0 Å². The molecule has 6 rings (SSSR count). The maximum atomic E-state index is 14.4. The first-order valence-electron chi connectivity index (χ1n) is 13.8. The largest absolute Gasteiger partial charge is 0.493 e. The van der Waals surface area contributed by atoms with Crippen molar-refractivity contribution in [2.24, 2.45) is 11.8 Å². The van der Waals surface area contributed by atoms with E-state index in [1.807, 2.05) is 30.4 Å². The van der Waals surface area contributed by atoms with Crippen LogP contribution in [-0.2, 0) is 19.7 Å². The minimum Gasteiger partial charge on any atom is -0.493 e. The molecule has 226 valence electrons. The number of hydrogen-bond donors (Lipinski definition) is 2. The second kappa shape index (κ2) is 12.0. The lowest BCUT2D eigenvalue weighted by atomic mass is 9.57. The SMILES string of the molecule is COC(=O)c1ccc(Oc2ccc(Br)cc2[C@H]2NC(=O)C[C@@H](C3C=CC=C(Cl)C3)[C@]23C(=O)Nc2cc(Cl)ccc23)c(OC)c1. The lowest BCUT2D eigenvalue weighted by Gasteiger charge is -2.49. The van der Waals surface area contributed by atoms with Gasteiger partial charge in [-0.3, -0.25) is 9.59 Å². The monoisotopic (exact) mass is 696 g/mol. The topological polar surface area (TPSA) is 103 Å². The highest BCUT2D eigenvalue weighted by Gasteiger charge is 2.62. The zero-order valence-corrected chi connectivity index (χ0v) is 26.8. The van der Waals surface area contributed by atoms with E-state index in [4.69, 9.17) is 37.4 Å². The first-order chi connectivity index (χ1) is 21.1. The van der Waals surface area contributed by atoms with Gasteiger partial charge in [0.05, 0.1) is 25.8 Å². The number of allylic oxidation sites excluding steroid dienone is 4. The third kappa shape index (κ3) is 5.16. The highest BCUT2D eigenvalue weighted by atomic mass is 79.9. The van der Waals surface area contributed by atoms with Gasteiger partial charge in [-0.05, 0) is 78.4 Å². The number of anilines is 1. The van der Waals surface area contributed by atoms with Crippen LogP contribution in [0.4, 0.5) is 5.69 Å². The van der Waals surface area contributed by atoms with E-state index in [2.05, 4.69) is 26.6 Å². The van der Waals surface area contributed by atoms with E-state index in [0.717, 1.165) is 10.0 Å². The number of ether oxygens (including phenoxy) is 3. The standard InChI is InChI=1S/C33H27BrCl2N2O6/c1-42-28-13-18(31(40)43-2)6-10-27(28)44-26-11-7-19(34)14-22(26)30-33(23-9-8-21(36)15-25(23)37-32(33)41)24(16-29(39)38-30)17-4-3-5-20(35)12-17/h3-11,13-15,17,24,30H,12,16H2,1-2H3,(H,37,41)(H,38,39)/t17?,24-,30+,33-/m0/s1. The minimum absolute atomic E-state index is 0.109. The lowest BCUT2D eigenvalue weighted by Crippen LogP contribution is -2.59. The van der Waals surface area contributed by atoms with Gasteiger partial charge in [-0.1, -0.05) is 57.4 Å². The van der Waals surface area contributed by atoms with Crippen LogP contribution in [0.25, 0.3) is 0 Å². The van der Waals surface area contributed by atoms with Crippen molar-refractivity contribution in [2.75, 3.05) is 19.5 Å². The number of fused-ring (bicyclic) bond motifs is 2. The smallest absolute Gasteiger partial charge is 0.337 e. The molecule has 3 aromatic rings. The van der Waals surface area contributed by atoms with E-state index in [0.29, 0.717) is 50.5 Å². The molecule has 4 atom stereocenters. The Balaban J connectivity index is 1.53. The number of halogens is 3. The summed E-state index contributed by atoms with van der Waals surface area (Å²) in [5.41, 5.74) is 0.936. The zero-order valence-electron chi connectivity index (χ0n) is 23.7. The molecule has 3 aliphatic rings. The van der Waals surface area contributed by atoms with Crippen molar-refractivity contribution < 1.29 is 28.6 Å². The molecule has 1 aliphatic carbocycles. The number of piperidine rings is 1. The van der Waals surface area contributed by atoms with Gasteiger partial charge in [-0.2, -0.15) is 0 Å². The fourth-order valence-corrected chi connectivity index (χ4v) is 7.40. The fraction of sp³-hybridized carbons (Fsp3) is 0.242. The summed E-state index contributed by atoms with van der Waals surface area (Å²) in [5, 5.41) is 7.33. The Morgan fingerprint density at radius 1 is 0.977 bits per heavy atom. The number of nitrogens with one attached hydrogen (secondary N) is 2. The van der Waals surface area contributed by atoms with E-state index < -0.39 is 23.3 Å². The molecule has 2 N–H and O–H groups in total. The molecular weight excluding hydrogens is 671 g/mol. The number of amides is 2. The van der Waals surface area contributed by atoms with E-state index in [1.165, 1.54) is 20.3 Å². The van der Waals surface area contributed by atoms with Crippen LogP contribution < -0.4 is 20.1 Å². The highest BCUT2D eigenvalue weighted by Crippen LogP contribution is 2.58. The predicted molar refractivity (Wildman–Crippen MR) is 170 cm³/mol. The summed E-state index contributed by atoms with van der Waals surface area (Å²) in [6.45, 7) is 0. The predicted octanol–water partition coefficient (Wildman–Crippen LogP) is 7.46. The molecular formula is C33H27BrCl2N2O6.